The molecule has 2 saturated heterocycles. The molecule has 0 spiro atoms. The average Bonchev–Trinajstić information content (AvgIpc) is 2.64. The van der Waals surface area contributed by atoms with E-state index in [4.69, 9.17) is 18.9 Å². The third-order valence-corrected chi connectivity index (χ3v) is 4.49. The molecule has 0 amide bonds. The fourth-order valence-corrected chi connectivity index (χ4v) is 3.11. The monoisotopic (exact) mass is 358 g/mol. The lowest BCUT2D eigenvalue weighted by Crippen LogP contribution is -2.63. The summed E-state index contributed by atoms with van der Waals surface area (Å²) in [5.41, 5.74) is 0.554. The zero-order chi connectivity index (χ0) is 18.1. The van der Waals surface area contributed by atoms with E-state index in [0.717, 1.165) is 0 Å². The molecule has 5 N–H and O–H groups in total. The number of benzene rings is 1. The number of hydrogen-bond donors (Lipinski definition) is 5. The first-order chi connectivity index (χ1) is 12.0. The molecular weight excluding hydrogens is 336 g/mol. The van der Waals surface area contributed by atoms with Crippen molar-refractivity contribution in [3.8, 4) is 11.5 Å². The average molecular weight is 358 g/mol. The molecule has 2 heterocycles. The van der Waals surface area contributed by atoms with E-state index in [-0.39, 0.29) is 18.1 Å². The van der Waals surface area contributed by atoms with E-state index in [1.54, 1.807) is 6.07 Å². The Labute approximate surface area is 143 Å². The quantitative estimate of drug-likeness (QED) is 0.442. The SMILES string of the molecule is COc1cc(C2OC3C(OC2CO)OC(CO)C(O)C3O)ccc1O. The van der Waals surface area contributed by atoms with Gasteiger partial charge in [0.25, 0.3) is 0 Å². The topological polar surface area (TPSA) is 138 Å². The number of methoxy groups -OCH3 is 1. The molecule has 0 radical (unpaired) electrons. The summed E-state index contributed by atoms with van der Waals surface area (Å²) in [7, 11) is 1.40. The van der Waals surface area contributed by atoms with Crippen molar-refractivity contribution in [3.63, 3.8) is 0 Å². The van der Waals surface area contributed by atoms with Crippen molar-refractivity contribution in [3.05, 3.63) is 23.8 Å². The van der Waals surface area contributed by atoms with Crippen molar-refractivity contribution < 1.29 is 44.5 Å². The van der Waals surface area contributed by atoms with Crippen molar-refractivity contribution in [2.24, 2.45) is 0 Å². The Morgan fingerprint density at radius 2 is 1.68 bits per heavy atom. The summed E-state index contributed by atoms with van der Waals surface area (Å²) in [6, 6.07) is 4.54. The standard InChI is InChI=1S/C16H22O9/c1-22-9-4-7(2-3-8(9)19)14-11(6-18)24-16-15(25-14)13(21)12(20)10(5-17)23-16/h2-4,10-21H,5-6H2,1H3. The maximum absolute atomic E-state index is 10.3. The summed E-state index contributed by atoms with van der Waals surface area (Å²) < 4.78 is 22.0. The number of hydrogen-bond acceptors (Lipinski definition) is 9. The first kappa shape index (κ1) is 18.3. The van der Waals surface area contributed by atoms with E-state index in [1.165, 1.54) is 19.2 Å². The molecule has 25 heavy (non-hydrogen) atoms. The number of fused-ring (bicyclic) bond motifs is 1. The minimum Gasteiger partial charge on any atom is -0.504 e. The van der Waals surface area contributed by atoms with Gasteiger partial charge >= 0.3 is 0 Å². The fraction of sp³-hybridized carbons (Fsp3) is 0.625. The van der Waals surface area contributed by atoms with Crippen LogP contribution in [0.1, 0.15) is 11.7 Å². The first-order valence-corrected chi connectivity index (χ1v) is 7.91. The Balaban J connectivity index is 1.87. The van der Waals surface area contributed by atoms with Crippen LogP contribution in [0.3, 0.4) is 0 Å². The van der Waals surface area contributed by atoms with Gasteiger partial charge in [0.05, 0.1) is 20.3 Å². The zero-order valence-electron chi connectivity index (χ0n) is 13.6. The van der Waals surface area contributed by atoms with Crippen LogP contribution in [0.5, 0.6) is 11.5 Å². The van der Waals surface area contributed by atoms with Crippen LogP contribution in [0.15, 0.2) is 18.2 Å². The summed E-state index contributed by atoms with van der Waals surface area (Å²) in [5.74, 6) is 0.171. The first-order valence-electron chi connectivity index (χ1n) is 7.91. The maximum Gasteiger partial charge on any atom is 0.187 e. The van der Waals surface area contributed by atoms with E-state index < -0.39 is 49.5 Å². The number of phenolic OH excluding ortho intramolecular Hbond substituents is 1. The van der Waals surface area contributed by atoms with Crippen LogP contribution >= 0.6 is 0 Å². The second-order valence-corrected chi connectivity index (χ2v) is 6.02. The van der Waals surface area contributed by atoms with Crippen LogP contribution in [0.25, 0.3) is 0 Å². The molecule has 2 fully saturated rings. The number of aliphatic hydroxyl groups is 4. The van der Waals surface area contributed by atoms with Crippen LogP contribution in [-0.4, -0.2) is 82.7 Å². The summed E-state index contributed by atoms with van der Waals surface area (Å²) in [6.45, 7) is -0.879. The number of aromatic hydroxyl groups is 1. The highest BCUT2D eigenvalue weighted by Gasteiger charge is 2.51. The molecule has 7 unspecified atom stereocenters. The number of phenols is 1. The molecule has 0 saturated carbocycles. The second kappa shape index (κ2) is 7.42. The van der Waals surface area contributed by atoms with Gasteiger partial charge in [0, 0.05) is 0 Å². The molecule has 140 valence electrons. The Morgan fingerprint density at radius 3 is 2.32 bits per heavy atom. The van der Waals surface area contributed by atoms with Crippen molar-refractivity contribution in [1.82, 2.24) is 0 Å². The number of aliphatic hydroxyl groups excluding tert-OH is 4. The van der Waals surface area contributed by atoms with Gasteiger partial charge in [-0.05, 0) is 17.7 Å². The van der Waals surface area contributed by atoms with Crippen LogP contribution in [0.2, 0.25) is 0 Å². The number of rotatable bonds is 4. The van der Waals surface area contributed by atoms with Gasteiger partial charge in [0.15, 0.2) is 17.8 Å². The smallest absolute Gasteiger partial charge is 0.187 e. The highest BCUT2D eigenvalue weighted by atomic mass is 16.7. The number of ether oxygens (including phenoxy) is 4. The molecule has 1 aromatic rings. The third-order valence-electron chi connectivity index (χ3n) is 4.49. The van der Waals surface area contributed by atoms with Gasteiger partial charge in [-0.15, -0.1) is 0 Å². The lowest BCUT2D eigenvalue weighted by Gasteiger charge is -2.48. The molecule has 7 atom stereocenters. The fourth-order valence-electron chi connectivity index (χ4n) is 3.11. The molecule has 1 aromatic carbocycles. The van der Waals surface area contributed by atoms with E-state index >= 15 is 0 Å². The van der Waals surface area contributed by atoms with E-state index in [9.17, 15) is 25.5 Å². The van der Waals surface area contributed by atoms with Gasteiger partial charge in [-0.3, -0.25) is 0 Å². The summed E-state index contributed by atoms with van der Waals surface area (Å²) in [6.07, 6.45) is -7.32. The predicted molar refractivity (Wildman–Crippen MR) is 82.0 cm³/mol. The van der Waals surface area contributed by atoms with Crippen LogP contribution in [0, 0.1) is 0 Å². The molecule has 2 aliphatic heterocycles. The zero-order valence-corrected chi connectivity index (χ0v) is 13.6. The predicted octanol–water partition coefficient (Wildman–Crippen LogP) is -1.34. The van der Waals surface area contributed by atoms with Crippen molar-refractivity contribution in [2.45, 2.75) is 42.9 Å². The maximum atomic E-state index is 10.3. The summed E-state index contributed by atoms with van der Waals surface area (Å²) in [4.78, 5) is 0. The third kappa shape index (κ3) is 3.32. The van der Waals surface area contributed by atoms with Crippen molar-refractivity contribution in [2.75, 3.05) is 20.3 Å². The van der Waals surface area contributed by atoms with Crippen LogP contribution < -0.4 is 4.74 Å². The van der Waals surface area contributed by atoms with Gasteiger partial charge in [0.1, 0.15) is 36.6 Å². The van der Waals surface area contributed by atoms with E-state index in [1.807, 2.05) is 0 Å². The molecule has 9 nitrogen and oxygen atoms in total. The van der Waals surface area contributed by atoms with E-state index in [2.05, 4.69) is 0 Å². The van der Waals surface area contributed by atoms with Crippen LogP contribution in [0.4, 0.5) is 0 Å². The molecule has 2 aliphatic rings. The Morgan fingerprint density at radius 1 is 1.00 bits per heavy atom. The minimum absolute atomic E-state index is 0.0522. The minimum atomic E-state index is -1.34. The normalized spacial score (nSPS) is 38.2. The van der Waals surface area contributed by atoms with Gasteiger partial charge in [-0.1, -0.05) is 6.07 Å². The lowest BCUT2D eigenvalue weighted by molar-refractivity contribution is -0.371. The molecule has 0 aromatic heterocycles. The lowest BCUT2D eigenvalue weighted by atomic mass is 9.95. The summed E-state index contributed by atoms with van der Waals surface area (Å²) in [5, 5.41) is 48.8. The van der Waals surface area contributed by atoms with Gasteiger partial charge in [-0.25, -0.2) is 0 Å². The Kier molecular flexibility index (Phi) is 5.44. The van der Waals surface area contributed by atoms with Crippen LogP contribution in [-0.2, 0) is 14.2 Å². The van der Waals surface area contributed by atoms with Gasteiger partial charge in [0.2, 0.25) is 0 Å². The van der Waals surface area contributed by atoms with E-state index in [0.29, 0.717) is 5.56 Å². The van der Waals surface area contributed by atoms with Crippen molar-refractivity contribution >= 4 is 0 Å². The molecule has 0 bridgehead atoms. The molecule has 9 heteroatoms. The van der Waals surface area contributed by atoms with Gasteiger partial charge < -0.3 is 44.5 Å². The highest BCUT2D eigenvalue weighted by Crippen LogP contribution is 2.39. The highest BCUT2D eigenvalue weighted by molar-refractivity contribution is 5.42. The van der Waals surface area contributed by atoms with Gasteiger partial charge in [-0.2, -0.15) is 0 Å². The summed E-state index contributed by atoms with van der Waals surface area (Å²) >= 11 is 0. The largest absolute Gasteiger partial charge is 0.504 e. The Hall–Kier alpha value is -1.46. The Bertz CT molecular complexity index is 595. The molecule has 3 rings (SSSR count). The van der Waals surface area contributed by atoms with Crippen molar-refractivity contribution in [1.29, 1.82) is 0 Å². The molecule has 0 aliphatic carbocycles. The second-order valence-electron chi connectivity index (χ2n) is 6.02. The molecular formula is C16H22O9.